The number of nitrogens with zero attached hydrogens (tertiary/aromatic N) is 1. The predicted molar refractivity (Wildman–Crippen MR) is 74.5 cm³/mol. The van der Waals surface area contributed by atoms with Gasteiger partial charge in [0.1, 0.15) is 0 Å². The maximum Gasteiger partial charge on any atom is 0.0839 e. The summed E-state index contributed by atoms with van der Waals surface area (Å²) < 4.78 is 0. The molecule has 1 aromatic carbocycles. The molecule has 0 amide bonds. The summed E-state index contributed by atoms with van der Waals surface area (Å²) in [7, 11) is 0. The van der Waals surface area contributed by atoms with Crippen LogP contribution < -0.4 is 5.32 Å². The van der Waals surface area contributed by atoms with E-state index < -0.39 is 0 Å². The predicted octanol–water partition coefficient (Wildman–Crippen LogP) is 1.54. The van der Waals surface area contributed by atoms with Crippen LogP contribution in [0.25, 0.3) is 0 Å². The normalized spacial score (nSPS) is 17.3. The molecular weight excluding hydrogens is 224 g/mol. The third-order valence-corrected chi connectivity index (χ3v) is 3.24. The van der Waals surface area contributed by atoms with Crippen LogP contribution in [0.5, 0.6) is 0 Å². The summed E-state index contributed by atoms with van der Waals surface area (Å²) >= 11 is 0. The van der Waals surface area contributed by atoms with Crippen molar-refractivity contribution in [2.24, 2.45) is 0 Å². The summed E-state index contributed by atoms with van der Waals surface area (Å²) in [5.74, 6) is 2.60. The van der Waals surface area contributed by atoms with Gasteiger partial charge in [-0.25, -0.2) is 0 Å². The van der Waals surface area contributed by atoms with Crippen molar-refractivity contribution in [3.63, 3.8) is 0 Å². The van der Waals surface area contributed by atoms with Crippen molar-refractivity contribution >= 4 is 5.69 Å². The minimum absolute atomic E-state index is 0.336. The molecule has 2 N–H and O–H groups in total. The lowest BCUT2D eigenvalue weighted by molar-refractivity contribution is 0.135. The Morgan fingerprint density at radius 2 is 2.17 bits per heavy atom. The number of nitrogens with one attached hydrogen (secondary N) is 1. The van der Waals surface area contributed by atoms with Crippen LogP contribution in [0, 0.1) is 12.3 Å². The maximum atomic E-state index is 9.95. The summed E-state index contributed by atoms with van der Waals surface area (Å²) in [4.78, 5) is 2.31. The smallest absolute Gasteiger partial charge is 0.0839 e. The fraction of sp³-hybridized carbons (Fsp3) is 0.467. The molecular formula is C15H20N2O. The molecule has 1 atom stereocenters. The average molecular weight is 244 g/mol. The van der Waals surface area contributed by atoms with Crippen molar-refractivity contribution in [2.75, 3.05) is 31.5 Å². The molecule has 1 aromatic rings. The Labute approximate surface area is 109 Å². The monoisotopic (exact) mass is 244 g/mol. The number of β-amino-alcohol motifs (C(OH)–C–C–N with tert-alkyl or cyclic N) is 1. The lowest BCUT2D eigenvalue weighted by Crippen LogP contribution is -2.34. The molecule has 2 rings (SSSR count). The van der Waals surface area contributed by atoms with E-state index in [1.54, 1.807) is 0 Å². The molecule has 1 saturated heterocycles. The van der Waals surface area contributed by atoms with E-state index >= 15 is 0 Å². The quantitative estimate of drug-likeness (QED) is 0.771. The van der Waals surface area contributed by atoms with Crippen LogP contribution in [0.2, 0.25) is 0 Å². The number of terminal acetylenes is 1. The second-order valence-electron chi connectivity index (χ2n) is 4.77. The highest BCUT2D eigenvalue weighted by Gasteiger charge is 2.15. The molecule has 0 radical (unpaired) electrons. The van der Waals surface area contributed by atoms with E-state index in [2.05, 4.69) is 16.1 Å². The van der Waals surface area contributed by atoms with Crippen molar-refractivity contribution in [3.05, 3.63) is 29.8 Å². The Bertz CT molecular complexity index is 419. The first-order chi connectivity index (χ1) is 8.78. The molecule has 1 fully saturated rings. The molecule has 0 aliphatic carbocycles. The molecule has 3 heteroatoms. The number of aliphatic hydroxyl groups is 1. The number of anilines is 1. The van der Waals surface area contributed by atoms with Crippen molar-refractivity contribution in [1.82, 2.24) is 4.90 Å². The van der Waals surface area contributed by atoms with Gasteiger partial charge in [-0.2, -0.15) is 0 Å². The zero-order valence-electron chi connectivity index (χ0n) is 10.6. The summed E-state index contributed by atoms with van der Waals surface area (Å²) in [6, 6.07) is 7.70. The van der Waals surface area contributed by atoms with Crippen molar-refractivity contribution < 1.29 is 5.11 Å². The first-order valence-electron chi connectivity index (χ1n) is 6.49. The summed E-state index contributed by atoms with van der Waals surface area (Å²) in [5, 5.41) is 13.2. The molecule has 0 spiro atoms. The van der Waals surface area contributed by atoms with Crippen LogP contribution in [0.15, 0.2) is 24.3 Å². The molecule has 1 aliphatic heterocycles. The van der Waals surface area contributed by atoms with E-state index in [0.717, 1.165) is 30.9 Å². The Balaban J connectivity index is 1.77. The van der Waals surface area contributed by atoms with Gasteiger partial charge in [-0.05, 0) is 44.1 Å². The Kier molecular flexibility index (Phi) is 4.63. The van der Waals surface area contributed by atoms with Gasteiger partial charge in [-0.1, -0.05) is 12.0 Å². The minimum atomic E-state index is -0.336. The Morgan fingerprint density at radius 1 is 1.39 bits per heavy atom. The molecule has 1 heterocycles. The van der Waals surface area contributed by atoms with Gasteiger partial charge in [0, 0.05) is 24.3 Å². The highest BCUT2D eigenvalue weighted by Crippen LogP contribution is 2.11. The Morgan fingerprint density at radius 3 is 2.89 bits per heavy atom. The van der Waals surface area contributed by atoms with Gasteiger partial charge in [0.2, 0.25) is 0 Å². The molecule has 1 unspecified atom stereocenters. The third kappa shape index (κ3) is 3.76. The second kappa shape index (κ2) is 6.44. The summed E-state index contributed by atoms with van der Waals surface area (Å²) in [5.41, 5.74) is 1.82. The van der Waals surface area contributed by atoms with Crippen molar-refractivity contribution in [2.45, 2.75) is 18.9 Å². The highest BCUT2D eigenvalue weighted by molar-refractivity contribution is 5.49. The van der Waals surface area contributed by atoms with Gasteiger partial charge in [-0.3, -0.25) is 0 Å². The van der Waals surface area contributed by atoms with Crippen LogP contribution >= 0.6 is 0 Å². The third-order valence-electron chi connectivity index (χ3n) is 3.24. The van der Waals surface area contributed by atoms with Crippen LogP contribution in [-0.2, 0) is 0 Å². The topological polar surface area (TPSA) is 35.5 Å². The minimum Gasteiger partial charge on any atom is -0.390 e. The van der Waals surface area contributed by atoms with Gasteiger partial charge in [0.25, 0.3) is 0 Å². The molecule has 0 bridgehead atoms. The van der Waals surface area contributed by atoms with Gasteiger partial charge < -0.3 is 15.3 Å². The molecule has 0 aromatic heterocycles. The van der Waals surface area contributed by atoms with Crippen LogP contribution in [0.3, 0.4) is 0 Å². The SMILES string of the molecule is C#Cc1cccc(NCC(O)CN2CCCC2)c1. The molecule has 0 saturated carbocycles. The molecule has 1 aliphatic rings. The van der Waals surface area contributed by atoms with E-state index in [9.17, 15) is 5.11 Å². The van der Waals surface area contributed by atoms with E-state index in [0.29, 0.717) is 6.54 Å². The number of hydrogen-bond acceptors (Lipinski definition) is 3. The Hall–Kier alpha value is -1.50. The van der Waals surface area contributed by atoms with Crippen LogP contribution in [0.4, 0.5) is 5.69 Å². The molecule has 3 nitrogen and oxygen atoms in total. The van der Waals surface area contributed by atoms with Gasteiger partial charge in [-0.15, -0.1) is 6.42 Å². The molecule has 96 valence electrons. The van der Waals surface area contributed by atoms with Gasteiger partial charge >= 0.3 is 0 Å². The number of aliphatic hydroxyl groups excluding tert-OH is 1. The number of rotatable bonds is 5. The van der Waals surface area contributed by atoms with Crippen LogP contribution in [-0.4, -0.2) is 42.3 Å². The lowest BCUT2D eigenvalue weighted by atomic mass is 10.2. The zero-order valence-corrected chi connectivity index (χ0v) is 10.6. The zero-order chi connectivity index (χ0) is 12.8. The van der Waals surface area contributed by atoms with E-state index in [1.165, 1.54) is 12.8 Å². The van der Waals surface area contributed by atoms with Crippen molar-refractivity contribution in [1.29, 1.82) is 0 Å². The summed E-state index contributed by atoms with van der Waals surface area (Å²) in [6.45, 7) is 3.54. The van der Waals surface area contributed by atoms with Gasteiger partial charge in [0.15, 0.2) is 0 Å². The maximum absolute atomic E-state index is 9.95. The fourth-order valence-corrected chi connectivity index (χ4v) is 2.28. The van der Waals surface area contributed by atoms with E-state index in [-0.39, 0.29) is 6.10 Å². The van der Waals surface area contributed by atoms with E-state index in [1.807, 2.05) is 24.3 Å². The largest absolute Gasteiger partial charge is 0.390 e. The number of benzene rings is 1. The first-order valence-corrected chi connectivity index (χ1v) is 6.49. The van der Waals surface area contributed by atoms with Crippen molar-refractivity contribution in [3.8, 4) is 12.3 Å². The lowest BCUT2D eigenvalue weighted by Gasteiger charge is -2.20. The van der Waals surface area contributed by atoms with Crippen LogP contribution in [0.1, 0.15) is 18.4 Å². The second-order valence-corrected chi connectivity index (χ2v) is 4.77. The fourth-order valence-electron chi connectivity index (χ4n) is 2.28. The average Bonchev–Trinajstić information content (AvgIpc) is 2.89. The number of hydrogen-bond donors (Lipinski definition) is 2. The standard InChI is InChI=1S/C15H20N2O/c1-2-13-6-5-7-14(10-13)16-11-15(18)12-17-8-3-4-9-17/h1,5-7,10,15-16,18H,3-4,8-9,11-12H2. The number of likely N-dealkylation sites (tertiary alicyclic amines) is 1. The first kappa shape index (κ1) is 12.9. The molecule has 18 heavy (non-hydrogen) atoms. The summed E-state index contributed by atoms with van der Waals surface area (Å²) in [6.07, 6.45) is 7.52. The highest BCUT2D eigenvalue weighted by atomic mass is 16.3. The van der Waals surface area contributed by atoms with Gasteiger partial charge in [0.05, 0.1) is 6.10 Å². The van der Waals surface area contributed by atoms with E-state index in [4.69, 9.17) is 6.42 Å².